The first-order valence-electron chi connectivity index (χ1n) is 6.02. The molecule has 4 heteroatoms. The lowest BCUT2D eigenvalue weighted by atomic mass is 10.2. The van der Waals surface area contributed by atoms with Crippen molar-refractivity contribution in [3.05, 3.63) is 23.2 Å². The molecule has 1 atom stereocenters. The Morgan fingerprint density at radius 1 is 1.41 bits per heavy atom. The summed E-state index contributed by atoms with van der Waals surface area (Å²) in [4.78, 5) is 2.36. The molecule has 1 saturated heterocycles. The van der Waals surface area contributed by atoms with E-state index in [2.05, 4.69) is 23.2 Å². The molecule has 1 aliphatic rings. The molecule has 1 aliphatic heterocycles. The molecule has 1 unspecified atom stereocenters. The van der Waals surface area contributed by atoms with Crippen molar-refractivity contribution in [2.45, 2.75) is 19.4 Å². The Bertz CT molecular complexity index is 384. The van der Waals surface area contributed by atoms with E-state index >= 15 is 0 Å². The highest BCUT2D eigenvalue weighted by atomic mass is 35.5. The van der Waals surface area contributed by atoms with Gasteiger partial charge in [0.1, 0.15) is 5.75 Å². The number of hydrogen-bond acceptors (Lipinski definition) is 3. The van der Waals surface area contributed by atoms with Gasteiger partial charge in [-0.2, -0.15) is 0 Å². The molecule has 1 heterocycles. The third-order valence-corrected chi connectivity index (χ3v) is 3.50. The molecule has 0 radical (unpaired) electrons. The van der Waals surface area contributed by atoms with Gasteiger partial charge in [0.15, 0.2) is 0 Å². The van der Waals surface area contributed by atoms with Crippen molar-refractivity contribution < 1.29 is 4.74 Å². The molecule has 0 saturated carbocycles. The summed E-state index contributed by atoms with van der Waals surface area (Å²) < 4.78 is 5.17. The molecular formula is C13H19ClN2O. The van der Waals surface area contributed by atoms with Gasteiger partial charge in [-0.1, -0.05) is 11.6 Å². The van der Waals surface area contributed by atoms with Gasteiger partial charge < -0.3 is 15.0 Å². The van der Waals surface area contributed by atoms with Gasteiger partial charge in [0.25, 0.3) is 0 Å². The summed E-state index contributed by atoms with van der Waals surface area (Å²) in [6.45, 7) is 5.33. The second-order valence-corrected chi connectivity index (χ2v) is 4.86. The van der Waals surface area contributed by atoms with Crippen LogP contribution in [-0.2, 0) is 0 Å². The number of ether oxygens (including phenoxy) is 1. The summed E-state index contributed by atoms with van der Waals surface area (Å²) >= 11 is 6.15. The Balaban J connectivity index is 2.13. The van der Waals surface area contributed by atoms with Gasteiger partial charge in [0.2, 0.25) is 0 Å². The summed E-state index contributed by atoms with van der Waals surface area (Å²) in [5.74, 6) is 0.733. The van der Waals surface area contributed by atoms with Crippen molar-refractivity contribution >= 4 is 17.3 Å². The van der Waals surface area contributed by atoms with Gasteiger partial charge in [-0.25, -0.2) is 0 Å². The van der Waals surface area contributed by atoms with Crippen LogP contribution in [0.5, 0.6) is 5.75 Å². The molecule has 1 aromatic rings. The lowest BCUT2D eigenvalue weighted by Gasteiger charge is -2.23. The summed E-state index contributed by atoms with van der Waals surface area (Å²) in [7, 11) is 1.64. The highest BCUT2D eigenvalue weighted by Crippen LogP contribution is 2.29. The Hall–Kier alpha value is -0.930. The first-order valence-corrected chi connectivity index (χ1v) is 6.40. The van der Waals surface area contributed by atoms with Crippen molar-refractivity contribution in [2.75, 3.05) is 31.6 Å². The second-order valence-electron chi connectivity index (χ2n) is 4.45. The van der Waals surface area contributed by atoms with Gasteiger partial charge in [-0.3, -0.25) is 0 Å². The molecule has 1 fully saturated rings. The number of benzene rings is 1. The second kappa shape index (κ2) is 5.61. The molecule has 0 spiro atoms. The van der Waals surface area contributed by atoms with Crippen LogP contribution in [-0.4, -0.2) is 32.8 Å². The SMILES string of the molecule is COc1ccc(N2CCNC(C)CC2)cc1Cl. The predicted molar refractivity (Wildman–Crippen MR) is 72.3 cm³/mol. The Morgan fingerprint density at radius 3 is 2.94 bits per heavy atom. The van der Waals surface area contributed by atoms with Crippen LogP contribution in [0.15, 0.2) is 18.2 Å². The number of rotatable bonds is 2. The van der Waals surface area contributed by atoms with Crippen molar-refractivity contribution in [3.8, 4) is 5.75 Å². The van der Waals surface area contributed by atoms with Crippen LogP contribution in [0.3, 0.4) is 0 Å². The lowest BCUT2D eigenvalue weighted by molar-refractivity contribution is 0.415. The topological polar surface area (TPSA) is 24.5 Å². The molecule has 1 N–H and O–H groups in total. The van der Waals surface area contributed by atoms with E-state index in [0.717, 1.165) is 31.8 Å². The first-order chi connectivity index (χ1) is 8.20. The number of anilines is 1. The maximum atomic E-state index is 6.15. The van der Waals surface area contributed by atoms with E-state index in [1.165, 1.54) is 5.69 Å². The molecule has 0 aromatic heterocycles. The van der Waals surface area contributed by atoms with E-state index in [0.29, 0.717) is 11.1 Å². The average Bonchev–Trinajstić information content (AvgIpc) is 2.54. The number of nitrogens with one attached hydrogen (secondary N) is 1. The predicted octanol–water partition coefficient (Wildman–Crippen LogP) is 2.54. The normalized spacial score (nSPS) is 21.1. The van der Waals surface area contributed by atoms with Gasteiger partial charge in [-0.05, 0) is 31.5 Å². The minimum absolute atomic E-state index is 0.591. The lowest BCUT2D eigenvalue weighted by Crippen LogP contribution is -2.28. The average molecular weight is 255 g/mol. The monoisotopic (exact) mass is 254 g/mol. The number of hydrogen-bond donors (Lipinski definition) is 1. The molecule has 1 aromatic carbocycles. The molecule has 2 rings (SSSR count). The van der Waals surface area contributed by atoms with Crippen LogP contribution < -0.4 is 15.0 Å². The van der Waals surface area contributed by atoms with Gasteiger partial charge in [0, 0.05) is 31.4 Å². The van der Waals surface area contributed by atoms with E-state index in [1.54, 1.807) is 7.11 Å². The van der Waals surface area contributed by atoms with Crippen molar-refractivity contribution in [2.24, 2.45) is 0 Å². The van der Waals surface area contributed by atoms with Crippen LogP contribution in [0.2, 0.25) is 5.02 Å². The van der Waals surface area contributed by atoms with E-state index in [-0.39, 0.29) is 0 Å². The minimum Gasteiger partial charge on any atom is -0.495 e. The van der Waals surface area contributed by atoms with E-state index in [1.807, 2.05) is 12.1 Å². The summed E-state index contributed by atoms with van der Waals surface area (Å²) in [5.41, 5.74) is 1.17. The molecule has 17 heavy (non-hydrogen) atoms. The number of methoxy groups -OCH3 is 1. The Kier molecular flexibility index (Phi) is 4.13. The fraction of sp³-hybridized carbons (Fsp3) is 0.538. The minimum atomic E-state index is 0.591. The van der Waals surface area contributed by atoms with Crippen molar-refractivity contribution in [3.63, 3.8) is 0 Å². The van der Waals surface area contributed by atoms with Crippen LogP contribution in [0.4, 0.5) is 5.69 Å². The molecule has 3 nitrogen and oxygen atoms in total. The zero-order valence-corrected chi connectivity index (χ0v) is 11.1. The van der Waals surface area contributed by atoms with Gasteiger partial charge >= 0.3 is 0 Å². The van der Waals surface area contributed by atoms with Crippen LogP contribution in [0, 0.1) is 0 Å². The Morgan fingerprint density at radius 2 is 2.24 bits per heavy atom. The maximum Gasteiger partial charge on any atom is 0.137 e. The summed E-state index contributed by atoms with van der Waals surface area (Å²) in [6.07, 6.45) is 1.16. The highest BCUT2D eigenvalue weighted by molar-refractivity contribution is 6.32. The first kappa shape index (κ1) is 12.5. The maximum absolute atomic E-state index is 6.15. The van der Waals surface area contributed by atoms with Crippen molar-refractivity contribution in [1.29, 1.82) is 0 Å². The molecule has 0 amide bonds. The van der Waals surface area contributed by atoms with E-state index in [9.17, 15) is 0 Å². The Labute approximate surface area is 108 Å². The third-order valence-electron chi connectivity index (χ3n) is 3.21. The summed E-state index contributed by atoms with van der Waals surface area (Å²) in [6, 6.07) is 6.57. The number of nitrogens with zero attached hydrogens (tertiary/aromatic N) is 1. The molecule has 0 aliphatic carbocycles. The quantitative estimate of drug-likeness (QED) is 0.878. The van der Waals surface area contributed by atoms with E-state index < -0.39 is 0 Å². The summed E-state index contributed by atoms with van der Waals surface area (Å²) in [5, 5.41) is 4.16. The highest BCUT2D eigenvalue weighted by Gasteiger charge is 2.14. The molecular weight excluding hydrogens is 236 g/mol. The molecule has 94 valence electrons. The van der Waals surface area contributed by atoms with E-state index in [4.69, 9.17) is 16.3 Å². The van der Waals surface area contributed by atoms with Crippen LogP contribution in [0.25, 0.3) is 0 Å². The zero-order valence-electron chi connectivity index (χ0n) is 10.4. The van der Waals surface area contributed by atoms with Gasteiger partial charge in [-0.15, -0.1) is 0 Å². The van der Waals surface area contributed by atoms with Crippen LogP contribution >= 0.6 is 11.6 Å². The molecule has 0 bridgehead atoms. The zero-order chi connectivity index (χ0) is 12.3. The smallest absolute Gasteiger partial charge is 0.137 e. The fourth-order valence-electron chi connectivity index (χ4n) is 2.12. The van der Waals surface area contributed by atoms with Crippen molar-refractivity contribution in [1.82, 2.24) is 5.32 Å². The van der Waals surface area contributed by atoms with Crippen LogP contribution in [0.1, 0.15) is 13.3 Å². The van der Waals surface area contributed by atoms with Gasteiger partial charge in [0.05, 0.1) is 12.1 Å². The third kappa shape index (κ3) is 3.05. The fourth-order valence-corrected chi connectivity index (χ4v) is 2.37. The largest absolute Gasteiger partial charge is 0.495 e. The standard InChI is InChI=1S/C13H19ClN2O/c1-10-5-7-16(8-6-15-10)11-3-4-13(17-2)12(14)9-11/h3-4,9-10,15H,5-8H2,1-2H3. The number of halogens is 1.